The number of nitrogens with zero attached hydrogens (tertiary/aromatic N) is 2. The van der Waals surface area contributed by atoms with Gasteiger partial charge in [0.05, 0.1) is 12.4 Å². The Kier molecular flexibility index (Phi) is 4.94. The first kappa shape index (κ1) is 15.0. The average Bonchev–Trinajstić information content (AvgIpc) is 2.48. The number of hydrogen-bond acceptors (Lipinski definition) is 7. The molecule has 1 heterocycles. The standard InChI is InChI=1S/C13H13N3O4S/c1-20-9-4-2-8(3-5-9)7-14-13-16-15-12(19)10(21-13)6-11(17)18/h2-5,7,10H,6H2,1H3,(H,15,19)(H,17,18)/p-1/t10-/m0/s1. The SMILES string of the molecule is COc1ccc(C=NC2=NNC(=O)[C@H](CC(=O)[O-])S2)cc1. The first-order valence-electron chi connectivity index (χ1n) is 6.00. The van der Waals surface area contributed by atoms with Gasteiger partial charge in [-0.15, -0.1) is 5.10 Å². The molecule has 0 unspecified atom stereocenters. The zero-order chi connectivity index (χ0) is 15.2. The highest BCUT2D eigenvalue weighted by Gasteiger charge is 2.25. The molecule has 1 aromatic carbocycles. The number of amides is 1. The summed E-state index contributed by atoms with van der Waals surface area (Å²) in [5, 5.41) is 13.8. The number of ether oxygens (including phenoxy) is 1. The number of rotatable bonds is 4. The fourth-order valence-corrected chi connectivity index (χ4v) is 2.39. The second kappa shape index (κ2) is 6.89. The third-order valence-corrected chi connectivity index (χ3v) is 3.67. The maximum atomic E-state index is 11.4. The molecule has 2 rings (SSSR count). The molecule has 1 amide bonds. The van der Waals surface area contributed by atoms with E-state index in [2.05, 4.69) is 15.5 Å². The normalized spacial score (nSPS) is 18.2. The number of hydrazone groups is 1. The lowest BCUT2D eigenvalue weighted by Gasteiger charge is -2.18. The van der Waals surface area contributed by atoms with Crippen molar-refractivity contribution in [3.63, 3.8) is 0 Å². The monoisotopic (exact) mass is 306 g/mol. The lowest BCUT2D eigenvalue weighted by atomic mass is 10.2. The lowest BCUT2D eigenvalue weighted by Crippen LogP contribution is -2.38. The minimum atomic E-state index is -1.29. The van der Waals surface area contributed by atoms with Gasteiger partial charge in [0.1, 0.15) is 5.75 Å². The zero-order valence-electron chi connectivity index (χ0n) is 11.1. The second-order valence-corrected chi connectivity index (χ2v) is 5.25. The van der Waals surface area contributed by atoms with Crippen molar-refractivity contribution in [1.29, 1.82) is 0 Å². The molecule has 8 heteroatoms. The Labute approximate surface area is 125 Å². The number of benzene rings is 1. The van der Waals surface area contributed by atoms with Crippen LogP contribution in [0.15, 0.2) is 34.4 Å². The molecule has 1 atom stereocenters. The molecule has 1 aliphatic rings. The van der Waals surface area contributed by atoms with E-state index in [0.29, 0.717) is 0 Å². The quantitative estimate of drug-likeness (QED) is 0.773. The van der Waals surface area contributed by atoms with E-state index in [1.165, 1.54) is 0 Å². The Hall–Kier alpha value is -2.35. The summed E-state index contributed by atoms with van der Waals surface area (Å²) in [6.45, 7) is 0. The summed E-state index contributed by atoms with van der Waals surface area (Å²) in [4.78, 5) is 26.1. The highest BCUT2D eigenvalue weighted by atomic mass is 32.2. The number of carboxylic acid groups (broad SMARTS) is 1. The Morgan fingerprint density at radius 3 is 2.86 bits per heavy atom. The number of amidine groups is 1. The van der Waals surface area contributed by atoms with Crippen LogP contribution >= 0.6 is 11.8 Å². The third kappa shape index (κ3) is 4.32. The summed E-state index contributed by atoms with van der Waals surface area (Å²) in [5.41, 5.74) is 3.07. The van der Waals surface area contributed by atoms with Crippen LogP contribution in [0, 0.1) is 0 Å². The highest BCUT2D eigenvalue weighted by Crippen LogP contribution is 2.21. The Morgan fingerprint density at radius 1 is 1.52 bits per heavy atom. The van der Waals surface area contributed by atoms with Gasteiger partial charge in [-0.05, 0) is 29.8 Å². The van der Waals surface area contributed by atoms with E-state index in [1.54, 1.807) is 25.5 Å². The minimum Gasteiger partial charge on any atom is -0.550 e. The molecule has 1 aliphatic heterocycles. The number of aliphatic imine (C=N–C) groups is 1. The van der Waals surface area contributed by atoms with Gasteiger partial charge in [-0.25, -0.2) is 10.4 Å². The molecule has 0 aliphatic carbocycles. The van der Waals surface area contributed by atoms with Crippen molar-refractivity contribution in [1.82, 2.24) is 5.43 Å². The third-order valence-electron chi connectivity index (χ3n) is 2.59. The van der Waals surface area contributed by atoms with Gasteiger partial charge in [-0.3, -0.25) is 4.79 Å². The van der Waals surface area contributed by atoms with Crippen molar-refractivity contribution < 1.29 is 19.4 Å². The van der Waals surface area contributed by atoms with Crippen molar-refractivity contribution >= 4 is 35.0 Å². The van der Waals surface area contributed by atoms with Crippen LogP contribution in [-0.4, -0.2) is 35.6 Å². The number of thioether (sulfide) groups is 1. The van der Waals surface area contributed by atoms with Crippen molar-refractivity contribution in [3.8, 4) is 5.75 Å². The van der Waals surface area contributed by atoms with E-state index < -0.39 is 17.1 Å². The molecule has 0 radical (unpaired) electrons. The van der Waals surface area contributed by atoms with Gasteiger partial charge in [-0.2, -0.15) is 0 Å². The van der Waals surface area contributed by atoms with Gasteiger partial charge in [0.2, 0.25) is 5.17 Å². The van der Waals surface area contributed by atoms with Crippen LogP contribution in [0.5, 0.6) is 5.75 Å². The molecule has 0 bridgehead atoms. The van der Waals surface area contributed by atoms with Gasteiger partial charge in [0.15, 0.2) is 0 Å². The van der Waals surface area contributed by atoms with Crippen LogP contribution in [0.2, 0.25) is 0 Å². The Balaban J connectivity index is 2.02. The summed E-state index contributed by atoms with van der Waals surface area (Å²) >= 11 is 0.989. The van der Waals surface area contributed by atoms with Crippen LogP contribution in [0.1, 0.15) is 12.0 Å². The first-order valence-corrected chi connectivity index (χ1v) is 6.88. The van der Waals surface area contributed by atoms with Crippen molar-refractivity contribution in [2.45, 2.75) is 11.7 Å². The van der Waals surface area contributed by atoms with Crippen molar-refractivity contribution in [2.75, 3.05) is 7.11 Å². The number of nitrogens with one attached hydrogen (secondary N) is 1. The molecule has 0 saturated heterocycles. The van der Waals surface area contributed by atoms with E-state index >= 15 is 0 Å². The number of hydrogen-bond donors (Lipinski definition) is 1. The van der Waals surface area contributed by atoms with Crippen LogP contribution in [-0.2, 0) is 9.59 Å². The molecule has 1 N–H and O–H groups in total. The fourth-order valence-electron chi connectivity index (χ4n) is 1.55. The van der Waals surface area contributed by atoms with Crippen LogP contribution < -0.4 is 15.3 Å². The molecule has 0 spiro atoms. The molecule has 1 aromatic rings. The van der Waals surface area contributed by atoms with Gasteiger partial charge < -0.3 is 14.6 Å². The molecule has 110 valence electrons. The van der Waals surface area contributed by atoms with Gasteiger partial charge in [-0.1, -0.05) is 11.8 Å². The van der Waals surface area contributed by atoms with Crippen molar-refractivity contribution in [3.05, 3.63) is 29.8 Å². The maximum absolute atomic E-state index is 11.4. The number of aliphatic carboxylic acids is 1. The summed E-state index contributed by atoms with van der Waals surface area (Å²) in [6, 6.07) is 7.21. The summed E-state index contributed by atoms with van der Waals surface area (Å²) in [6.07, 6.45) is 1.19. The molecule has 0 fully saturated rings. The fraction of sp³-hybridized carbons (Fsp3) is 0.231. The van der Waals surface area contributed by atoms with E-state index in [0.717, 1.165) is 23.1 Å². The number of carbonyl (C=O) groups is 2. The molecule has 0 aromatic heterocycles. The summed E-state index contributed by atoms with van der Waals surface area (Å²) < 4.78 is 5.05. The molecular formula is C13H12N3O4S-. The Bertz CT molecular complexity index is 598. The van der Waals surface area contributed by atoms with Gasteiger partial charge >= 0.3 is 0 Å². The summed E-state index contributed by atoms with van der Waals surface area (Å²) in [7, 11) is 1.58. The number of carbonyl (C=O) groups excluding carboxylic acids is 2. The predicted molar refractivity (Wildman–Crippen MR) is 77.2 cm³/mol. The predicted octanol–water partition coefficient (Wildman–Crippen LogP) is -0.243. The second-order valence-electron chi connectivity index (χ2n) is 4.08. The molecule has 0 saturated carbocycles. The number of methoxy groups -OCH3 is 1. The van der Waals surface area contributed by atoms with E-state index in [-0.39, 0.29) is 11.6 Å². The lowest BCUT2D eigenvalue weighted by molar-refractivity contribution is -0.305. The van der Waals surface area contributed by atoms with Crippen LogP contribution in [0.4, 0.5) is 0 Å². The maximum Gasteiger partial charge on any atom is 0.254 e. The van der Waals surface area contributed by atoms with E-state index in [9.17, 15) is 14.7 Å². The number of carboxylic acids is 1. The topological polar surface area (TPSA) is 103 Å². The first-order chi connectivity index (χ1) is 10.1. The zero-order valence-corrected chi connectivity index (χ0v) is 11.9. The Morgan fingerprint density at radius 2 is 2.24 bits per heavy atom. The smallest absolute Gasteiger partial charge is 0.254 e. The average molecular weight is 306 g/mol. The summed E-state index contributed by atoms with van der Waals surface area (Å²) in [5.74, 6) is -1.02. The largest absolute Gasteiger partial charge is 0.550 e. The molecular weight excluding hydrogens is 294 g/mol. The minimum absolute atomic E-state index is 0.289. The van der Waals surface area contributed by atoms with E-state index in [1.807, 2.05) is 12.1 Å². The molecule has 7 nitrogen and oxygen atoms in total. The molecule has 21 heavy (non-hydrogen) atoms. The van der Waals surface area contributed by atoms with Gasteiger partial charge in [0.25, 0.3) is 5.91 Å². The van der Waals surface area contributed by atoms with Crippen LogP contribution in [0.3, 0.4) is 0 Å². The van der Waals surface area contributed by atoms with Gasteiger partial charge in [0, 0.05) is 18.6 Å². The van der Waals surface area contributed by atoms with Crippen molar-refractivity contribution in [2.24, 2.45) is 10.1 Å². The van der Waals surface area contributed by atoms with Crippen LogP contribution in [0.25, 0.3) is 0 Å². The van der Waals surface area contributed by atoms with E-state index in [4.69, 9.17) is 4.74 Å². The highest BCUT2D eigenvalue weighted by molar-refractivity contribution is 8.15.